The third-order valence-corrected chi connectivity index (χ3v) is 6.42. The van der Waals surface area contributed by atoms with Crippen molar-refractivity contribution < 1.29 is 9.47 Å². The van der Waals surface area contributed by atoms with E-state index in [4.69, 9.17) is 14.5 Å². The number of hydrogen-bond donors (Lipinski definition) is 0. The lowest BCUT2D eigenvalue weighted by molar-refractivity contribution is 0.195. The molecule has 0 radical (unpaired) electrons. The second kappa shape index (κ2) is 8.94. The fourth-order valence-electron chi connectivity index (χ4n) is 4.45. The minimum absolute atomic E-state index is 0.464. The van der Waals surface area contributed by atoms with Crippen LogP contribution in [0, 0.1) is 5.92 Å². The van der Waals surface area contributed by atoms with Crippen LogP contribution in [0.5, 0.6) is 11.6 Å². The number of rotatable bonds is 6. The first-order valence-corrected chi connectivity index (χ1v) is 11.1. The van der Waals surface area contributed by atoms with E-state index >= 15 is 0 Å². The topological polar surface area (TPSA) is 73.3 Å². The fourth-order valence-corrected chi connectivity index (χ4v) is 4.45. The molecule has 0 unspecified atom stereocenters. The van der Waals surface area contributed by atoms with Crippen LogP contribution < -0.4 is 14.4 Å². The Balaban J connectivity index is 1.20. The van der Waals surface area contributed by atoms with Crippen molar-refractivity contribution in [1.82, 2.24) is 19.9 Å². The van der Waals surface area contributed by atoms with Gasteiger partial charge in [0, 0.05) is 13.1 Å². The standard InChI is InChI=1S/C25H27N5O2/c1-30(24-14-26-22-5-3-4-6-23(22)29-24)18-9-7-17(8-10-18)15-32-25-20-13-19(31-2)11-12-21(20)27-16-28-25/h3-6,11-14,16-18H,7-10,15H2,1-2H3. The van der Waals surface area contributed by atoms with Gasteiger partial charge in [-0.2, -0.15) is 0 Å². The summed E-state index contributed by atoms with van der Waals surface area (Å²) < 4.78 is 11.5. The van der Waals surface area contributed by atoms with Crippen molar-refractivity contribution in [2.45, 2.75) is 31.7 Å². The molecule has 2 heterocycles. The second-order valence-electron chi connectivity index (χ2n) is 8.38. The molecule has 0 aliphatic heterocycles. The van der Waals surface area contributed by atoms with Gasteiger partial charge in [0.2, 0.25) is 5.88 Å². The van der Waals surface area contributed by atoms with Gasteiger partial charge in [-0.3, -0.25) is 4.98 Å². The van der Waals surface area contributed by atoms with Crippen molar-refractivity contribution in [3.05, 3.63) is 55.0 Å². The Bertz CT molecular complexity index is 1220. The van der Waals surface area contributed by atoms with E-state index in [9.17, 15) is 0 Å². The van der Waals surface area contributed by atoms with Crippen LogP contribution in [0.15, 0.2) is 55.0 Å². The second-order valence-corrected chi connectivity index (χ2v) is 8.38. The van der Waals surface area contributed by atoms with E-state index in [0.717, 1.165) is 59.2 Å². The van der Waals surface area contributed by atoms with Crippen LogP contribution in [-0.4, -0.2) is 46.7 Å². The number of fused-ring (bicyclic) bond motifs is 2. The molecule has 1 aliphatic rings. The smallest absolute Gasteiger partial charge is 0.224 e. The fraction of sp³-hybridized carbons (Fsp3) is 0.360. The third kappa shape index (κ3) is 4.15. The summed E-state index contributed by atoms with van der Waals surface area (Å²) in [4.78, 5) is 20.3. The molecular weight excluding hydrogens is 402 g/mol. The van der Waals surface area contributed by atoms with Crippen molar-refractivity contribution in [2.24, 2.45) is 5.92 Å². The monoisotopic (exact) mass is 429 g/mol. The number of para-hydroxylation sites is 2. The first-order valence-electron chi connectivity index (χ1n) is 11.1. The van der Waals surface area contributed by atoms with Gasteiger partial charge >= 0.3 is 0 Å². The maximum atomic E-state index is 6.14. The maximum Gasteiger partial charge on any atom is 0.224 e. The normalized spacial score (nSPS) is 18.6. The highest BCUT2D eigenvalue weighted by molar-refractivity contribution is 5.84. The van der Waals surface area contributed by atoms with E-state index < -0.39 is 0 Å². The molecule has 0 spiro atoms. The quantitative estimate of drug-likeness (QED) is 0.441. The largest absolute Gasteiger partial charge is 0.497 e. The minimum Gasteiger partial charge on any atom is -0.497 e. The average Bonchev–Trinajstić information content (AvgIpc) is 2.86. The molecule has 5 rings (SSSR count). The lowest BCUT2D eigenvalue weighted by atomic mass is 9.86. The van der Waals surface area contributed by atoms with Gasteiger partial charge in [0.15, 0.2) is 0 Å². The Hall–Kier alpha value is -3.48. The number of anilines is 1. The van der Waals surface area contributed by atoms with E-state index in [1.165, 1.54) is 0 Å². The SMILES string of the molecule is COc1ccc2ncnc(OCC3CCC(N(C)c4cnc5ccccc5n4)CC3)c2c1. The zero-order valence-electron chi connectivity index (χ0n) is 18.4. The number of hydrogen-bond acceptors (Lipinski definition) is 7. The first-order chi connectivity index (χ1) is 15.7. The van der Waals surface area contributed by atoms with Crippen molar-refractivity contribution >= 4 is 27.8 Å². The summed E-state index contributed by atoms with van der Waals surface area (Å²) in [5.74, 6) is 2.85. The highest BCUT2D eigenvalue weighted by Crippen LogP contribution is 2.31. The molecule has 1 aliphatic carbocycles. The van der Waals surface area contributed by atoms with Crippen LogP contribution in [-0.2, 0) is 0 Å². The van der Waals surface area contributed by atoms with Crippen LogP contribution in [0.2, 0.25) is 0 Å². The Morgan fingerprint density at radius 1 is 0.938 bits per heavy atom. The summed E-state index contributed by atoms with van der Waals surface area (Å²) in [5, 5.41) is 0.884. The van der Waals surface area contributed by atoms with Gasteiger partial charge in [0.05, 0.1) is 41.8 Å². The van der Waals surface area contributed by atoms with Crippen LogP contribution in [0.4, 0.5) is 5.82 Å². The highest BCUT2D eigenvalue weighted by atomic mass is 16.5. The molecule has 2 aromatic carbocycles. The molecule has 1 fully saturated rings. The van der Waals surface area contributed by atoms with Crippen molar-refractivity contribution in [2.75, 3.05) is 25.7 Å². The Labute approximate surface area is 187 Å². The zero-order valence-corrected chi connectivity index (χ0v) is 18.4. The number of nitrogens with zero attached hydrogens (tertiary/aromatic N) is 5. The maximum absolute atomic E-state index is 6.14. The molecule has 0 N–H and O–H groups in total. The number of benzene rings is 2. The third-order valence-electron chi connectivity index (χ3n) is 6.42. The van der Waals surface area contributed by atoms with E-state index in [-0.39, 0.29) is 0 Å². The first kappa shape index (κ1) is 20.4. The minimum atomic E-state index is 0.464. The predicted molar refractivity (Wildman–Crippen MR) is 125 cm³/mol. The summed E-state index contributed by atoms with van der Waals surface area (Å²) in [6.45, 7) is 0.662. The molecule has 164 valence electrons. The zero-order chi connectivity index (χ0) is 21.9. The number of ether oxygens (including phenoxy) is 2. The summed E-state index contributed by atoms with van der Waals surface area (Å²) in [6, 6.07) is 14.2. The van der Waals surface area contributed by atoms with Crippen LogP contribution in [0.1, 0.15) is 25.7 Å². The van der Waals surface area contributed by atoms with Gasteiger partial charge < -0.3 is 14.4 Å². The molecule has 0 amide bonds. The predicted octanol–water partition coefficient (Wildman–Crippen LogP) is 4.66. The molecular formula is C25H27N5O2. The molecule has 7 heteroatoms. The highest BCUT2D eigenvalue weighted by Gasteiger charge is 2.25. The molecule has 1 saturated carbocycles. The van der Waals surface area contributed by atoms with Crippen molar-refractivity contribution in [1.29, 1.82) is 0 Å². The van der Waals surface area contributed by atoms with Crippen LogP contribution in [0.25, 0.3) is 21.9 Å². The van der Waals surface area contributed by atoms with Gasteiger partial charge in [-0.1, -0.05) is 12.1 Å². The van der Waals surface area contributed by atoms with E-state index in [0.29, 0.717) is 24.4 Å². The molecule has 0 bridgehead atoms. The van der Waals surface area contributed by atoms with Gasteiger partial charge in [-0.15, -0.1) is 0 Å². The summed E-state index contributed by atoms with van der Waals surface area (Å²) in [7, 11) is 3.78. The Morgan fingerprint density at radius 2 is 1.75 bits per heavy atom. The number of methoxy groups -OCH3 is 1. The lowest BCUT2D eigenvalue weighted by Crippen LogP contribution is -2.36. The van der Waals surface area contributed by atoms with Crippen molar-refractivity contribution in [3.8, 4) is 11.6 Å². The number of aromatic nitrogens is 4. The lowest BCUT2D eigenvalue weighted by Gasteiger charge is -2.35. The average molecular weight is 430 g/mol. The van der Waals surface area contributed by atoms with E-state index in [1.54, 1.807) is 13.4 Å². The summed E-state index contributed by atoms with van der Waals surface area (Å²) >= 11 is 0. The van der Waals surface area contributed by atoms with Gasteiger partial charge in [-0.25, -0.2) is 15.0 Å². The van der Waals surface area contributed by atoms with Crippen LogP contribution in [0.3, 0.4) is 0 Å². The molecule has 4 aromatic rings. The van der Waals surface area contributed by atoms with Crippen molar-refractivity contribution in [3.63, 3.8) is 0 Å². The summed E-state index contributed by atoms with van der Waals surface area (Å²) in [6.07, 6.45) is 7.88. The molecule has 32 heavy (non-hydrogen) atoms. The van der Waals surface area contributed by atoms with Gasteiger partial charge in [0.1, 0.15) is 17.9 Å². The van der Waals surface area contributed by atoms with E-state index in [1.807, 2.05) is 48.7 Å². The van der Waals surface area contributed by atoms with Gasteiger partial charge in [0.25, 0.3) is 0 Å². The molecule has 0 atom stereocenters. The van der Waals surface area contributed by atoms with E-state index in [2.05, 4.69) is 26.9 Å². The summed E-state index contributed by atoms with van der Waals surface area (Å²) in [5.41, 5.74) is 2.73. The molecule has 0 saturated heterocycles. The Kier molecular flexibility index (Phi) is 5.71. The van der Waals surface area contributed by atoms with Gasteiger partial charge in [-0.05, 0) is 61.9 Å². The molecule has 7 nitrogen and oxygen atoms in total. The molecule has 2 aromatic heterocycles. The Morgan fingerprint density at radius 3 is 2.56 bits per heavy atom. The van der Waals surface area contributed by atoms with Crippen LogP contribution >= 0.6 is 0 Å².